The van der Waals surface area contributed by atoms with E-state index in [-0.39, 0.29) is 53.0 Å². The number of carbonyl (C=O) groups excluding carboxylic acids is 2. The molecule has 7 fully saturated rings. The Bertz CT molecular complexity index is 1800. The van der Waals surface area contributed by atoms with Crippen molar-refractivity contribution in [3.63, 3.8) is 0 Å². The summed E-state index contributed by atoms with van der Waals surface area (Å²) in [5, 5.41) is 83.3. The molecule has 17 nitrogen and oxygen atoms in total. The molecule has 3 aliphatic heterocycles. The van der Waals surface area contributed by atoms with Gasteiger partial charge in [-0.15, -0.1) is 0 Å². The molecule has 17 heteroatoms. The van der Waals surface area contributed by atoms with Gasteiger partial charge in [-0.3, -0.25) is 9.59 Å². The van der Waals surface area contributed by atoms with E-state index in [0.717, 1.165) is 18.4 Å². The average molecular weight is 837 g/mol. The Morgan fingerprint density at radius 3 is 2.00 bits per heavy atom. The van der Waals surface area contributed by atoms with Gasteiger partial charge in [0.2, 0.25) is 0 Å². The highest BCUT2D eigenvalue weighted by atomic mass is 16.8. The van der Waals surface area contributed by atoms with Crippen molar-refractivity contribution in [1.29, 1.82) is 0 Å². The summed E-state index contributed by atoms with van der Waals surface area (Å²) < 4.78 is 29.3. The molecule has 8 aliphatic rings. The summed E-state index contributed by atoms with van der Waals surface area (Å²) in [7, 11) is 0. The van der Waals surface area contributed by atoms with Gasteiger partial charge in [-0.25, -0.2) is 9.59 Å². The largest absolute Gasteiger partial charge is 0.479 e. The van der Waals surface area contributed by atoms with E-state index in [2.05, 4.69) is 27.7 Å². The Hall–Kier alpha value is -2.58. The van der Waals surface area contributed by atoms with Gasteiger partial charge in [0.15, 0.2) is 30.6 Å². The van der Waals surface area contributed by atoms with Crippen LogP contribution >= 0.6 is 0 Å². The van der Waals surface area contributed by atoms with Crippen LogP contribution in [-0.4, -0.2) is 145 Å². The van der Waals surface area contributed by atoms with Crippen molar-refractivity contribution in [2.45, 2.75) is 167 Å². The molecule has 8 rings (SSSR count). The monoisotopic (exact) mass is 836 g/mol. The molecule has 3 heterocycles. The normalized spacial score (nSPS) is 53.8. The van der Waals surface area contributed by atoms with Crippen LogP contribution in [0, 0.1) is 50.2 Å². The molecule has 4 saturated carbocycles. The fourth-order valence-corrected chi connectivity index (χ4v) is 14.0. The molecule has 3 saturated heterocycles. The second-order valence-electron chi connectivity index (χ2n) is 20.6. The summed E-state index contributed by atoms with van der Waals surface area (Å²) >= 11 is 0. The highest BCUT2D eigenvalue weighted by Crippen LogP contribution is 2.76. The first kappa shape index (κ1) is 43.1. The van der Waals surface area contributed by atoms with Crippen molar-refractivity contribution in [2.75, 3.05) is 6.61 Å². The minimum Gasteiger partial charge on any atom is -0.479 e. The lowest BCUT2D eigenvalue weighted by molar-refractivity contribution is -0.371. The molecule has 8 N–H and O–H groups in total. The topological polar surface area (TPSA) is 276 Å². The third-order valence-electron chi connectivity index (χ3n) is 17.6. The summed E-state index contributed by atoms with van der Waals surface area (Å²) in [5.74, 6) is -4.18. The van der Waals surface area contributed by atoms with Crippen LogP contribution in [0.3, 0.4) is 0 Å². The quantitative estimate of drug-likeness (QED) is 0.129. The zero-order chi connectivity index (χ0) is 43.2. The van der Waals surface area contributed by atoms with Gasteiger partial charge in [-0.2, -0.15) is 0 Å². The molecular formula is C42H60O17. The van der Waals surface area contributed by atoms with Gasteiger partial charge in [0.1, 0.15) is 42.7 Å². The highest BCUT2D eigenvalue weighted by molar-refractivity contribution is 5.96. The van der Waals surface area contributed by atoms with Crippen molar-refractivity contribution >= 4 is 23.7 Å². The summed E-state index contributed by atoms with van der Waals surface area (Å²) in [4.78, 5) is 52.0. The number of aliphatic hydroxyl groups excluding tert-OH is 6. The van der Waals surface area contributed by atoms with Gasteiger partial charge in [0, 0.05) is 17.8 Å². The predicted molar refractivity (Wildman–Crippen MR) is 198 cm³/mol. The summed E-state index contributed by atoms with van der Waals surface area (Å²) in [5.41, 5.74) is -2.33. The average Bonchev–Trinajstić information content (AvgIpc) is 3.46. The molecule has 0 radical (unpaired) electrons. The van der Waals surface area contributed by atoms with E-state index < -0.39 is 101 Å². The third-order valence-corrected chi connectivity index (χ3v) is 17.6. The number of ketones is 1. The van der Waals surface area contributed by atoms with Gasteiger partial charge in [0.25, 0.3) is 0 Å². The van der Waals surface area contributed by atoms with Crippen molar-refractivity contribution in [3.05, 3.63) is 11.6 Å². The fraction of sp³-hybridized carbons (Fsp3) is 0.857. The fourth-order valence-electron chi connectivity index (χ4n) is 14.0. The number of hydrogen-bond acceptors (Lipinski definition) is 15. The molecule has 0 unspecified atom stereocenters. The van der Waals surface area contributed by atoms with Crippen LogP contribution in [0.15, 0.2) is 11.6 Å². The first-order valence-electron chi connectivity index (χ1n) is 21.0. The molecule has 2 bridgehead atoms. The molecule has 0 aromatic heterocycles. The Morgan fingerprint density at radius 1 is 0.746 bits per heavy atom. The maximum absolute atomic E-state index is 14.9. The lowest BCUT2D eigenvalue weighted by Crippen LogP contribution is -2.68. The Labute approximate surface area is 342 Å². The molecule has 0 aromatic rings. The number of ether oxygens (including phenoxy) is 5. The maximum Gasteiger partial charge on any atom is 0.335 e. The van der Waals surface area contributed by atoms with Crippen molar-refractivity contribution < 1.29 is 83.7 Å². The highest BCUT2D eigenvalue weighted by Gasteiger charge is 2.73. The molecule has 5 aliphatic carbocycles. The standard InChI is InChI=1S/C42H60O17/c1-37(2)20-7-10-41(6)31(19(44)13-17-18-14-42(16-43)15-22(56-36(42)54)38(18,3)11-12-40(17,41)5)39(20,4)9-8-21(37)55-35-30(26(48)25(47)29(58-35)33(52)53)59-34-27(49)23(45)24(46)28(57-34)32(50)51/h13,18,20-31,34-35,43,45-49H,7-12,14-16H2,1-6H3,(H,50,51)(H,52,53)/t18-,20-,21-,22+,23-,24-,25-,26-,27+,28-,29-,30+,31+,34-,35+,38+,39-,40+,41+,42+/m0/s1. The van der Waals surface area contributed by atoms with E-state index in [1.165, 1.54) is 0 Å². The van der Waals surface area contributed by atoms with Crippen LogP contribution in [0.5, 0.6) is 0 Å². The van der Waals surface area contributed by atoms with Gasteiger partial charge < -0.3 is 64.5 Å². The van der Waals surface area contributed by atoms with Crippen LogP contribution in [0.4, 0.5) is 0 Å². The van der Waals surface area contributed by atoms with E-state index >= 15 is 0 Å². The number of hydrogen-bond donors (Lipinski definition) is 8. The second kappa shape index (κ2) is 14.0. The van der Waals surface area contributed by atoms with E-state index in [1.807, 2.05) is 19.9 Å². The minimum absolute atomic E-state index is 0.0401. The number of allylic oxidation sites excluding steroid dienone is 2. The molecule has 0 aromatic carbocycles. The first-order chi connectivity index (χ1) is 27.4. The number of carboxylic acid groups (broad SMARTS) is 2. The Balaban J connectivity index is 1.08. The van der Waals surface area contributed by atoms with E-state index in [4.69, 9.17) is 23.7 Å². The van der Waals surface area contributed by atoms with Gasteiger partial charge in [-0.05, 0) is 84.5 Å². The summed E-state index contributed by atoms with van der Waals surface area (Å²) in [6, 6.07) is 0. The molecule has 0 spiro atoms. The molecular weight excluding hydrogens is 776 g/mol. The van der Waals surface area contributed by atoms with E-state index in [9.17, 15) is 60.0 Å². The molecule has 0 amide bonds. The zero-order valence-electron chi connectivity index (χ0n) is 34.4. The number of carbonyl (C=O) groups is 4. The summed E-state index contributed by atoms with van der Waals surface area (Å²) in [6.45, 7) is 12.6. The lowest BCUT2D eigenvalue weighted by atomic mass is 9.33. The van der Waals surface area contributed by atoms with Crippen LogP contribution in [-0.2, 0) is 42.9 Å². The van der Waals surface area contributed by atoms with Crippen molar-refractivity contribution in [1.82, 2.24) is 0 Å². The summed E-state index contributed by atoms with van der Waals surface area (Å²) in [6.07, 6.45) is -13.9. The van der Waals surface area contributed by atoms with Crippen LogP contribution in [0.25, 0.3) is 0 Å². The lowest BCUT2D eigenvalue weighted by Gasteiger charge is -2.70. The minimum atomic E-state index is -2.05. The molecule has 20 atom stereocenters. The number of aliphatic hydroxyl groups is 6. The van der Waals surface area contributed by atoms with Crippen molar-refractivity contribution in [3.8, 4) is 0 Å². The number of esters is 1. The SMILES string of the molecule is CC1(C)[C@@H](O[C@@H]2O[C@H](C(=O)O)[C@@H](O)[C@H](O)[C@H]2O[C@@H]2O[C@H](C(=O)O)[C@@H](O)[C@H](O)[C@H]2O)CC[C@]2(C)[C@H]3C(=O)C=C4[C@@H]5C[C@]6(CO)C[C@@H](OC6=O)[C@]5(C)CC[C@@]4(C)[C@]3(C)CC[C@@H]12. The van der Waals surface area contributed by atoms with Crippen LogP contribution in [0.1, 0.15) is 92.9 Å². The Kier molecular flexibility index (Phi) is 10.2. The van der Waals surface area contributed by atoms with Gasteiger partial charge >= 0.3 is 17.9 Å². The third kappa shape index (κ3) is 5.85. The number of rotatable bonds is 7. The van der Waals surface area contributed by atoms with Crippen LogP contribution < -0.4 is 0 Å². The smallest absolute Gasteiger partial charge is 0.335 e. The van der Waals surface area contributed by atoms with Crippen LogP contribution in [0.2, 0.25) is 0 Å². The number of aliphatic carboxylic acids is 2. The van der Waals surface area contributed by atoms with E-state index in [0.29, 0.717) is 38.5 Å². The first-order valence-corrected chi connectivity index (χ1v) is 21.0. The molecule has 330 valence electrons. The molecule has 59 heavy (non-hydrogen) atoms. The zero-order valence-corrected chi connectivity index (χ0v) is 34.4. The Morgan fingerprint density at radius 2 is 1.37 bits per heavy atom. The van der Waals surface area contributed by atoms with E-state index in [1.54, 1.807) is 0 Å². The predicted octanol–water partition coefficient (Wildman–Crippen LogP) is 0.669. The van der Waals surface area contributed by atoms with Gasteiger partial charge in [-0.1, -0.05) is 47.1 Å². The second-order valence-corrected chi connectivity index (χ2v) is 20.6. The van der Waals surface area contributed by atoms with Gasteiger partial charge in [0.05, 0.1) is 18.1 Å². The maximum atomic E-state index is 14.9. The van der Waals surface area contributed by atoms with Crippen molar-refractivity contribution in [2.24, 2.45) is 50.2 Å². The number of fused-ring (bicyclic) bond motifs is 10. The number of carboxylic acids is 2.